The molecule has 0 spiro atoms. The number of rotatable bonds is 13. The van der Waals surface area contributed by atoms with Crippen molar-refractivity contribution in [2.45, 2.75) is 227 Å². The normalized spacial score (nSPS) is 27.5. The fourth-order valence-electron chi connectivity index (χ4n) is 11.6. The van der Waals surface area contributed by atoms with Crippen molar-refractivity contribution in [1.82, 2.24) is 60.9 Å². The Hall–Kier alpha value is -7.18. The fraction of sp³-hybridized carbons (Fsp3) is 0.727. The number of aliphatic hydroxyl groups excluding tert-OH is 1. The number of hydrogen-bond acceptors (Lipinski definition) is 13. The number of likely N-dealkylation sites (N-methyl/N-ethyl adjacent to an activating group) is 6. The van der Waals surface area contributed by atoms with Gasteiger partial charge in [0.1, 0.15) is 66.5 Å². The average molecular weight is 1280 g/mol. The SMILES string of the molecule is CC[C@H](C)[C@@H]1NC(=O)[C@H](C(C)C)N(C)C(=O)[C@H](C)N(C)C(=O)[C@H]([C@@H](C)O)NC(=O)[C@H](CC(C)C)N(C)C(=O)[C@H](Cc2ccccc2)NC(=O)[C@H](CC(C)C)N(C)C(=O)[C@@H](C)N(C)C(=O)C[C@@H](C(=O)N2CCCCC2)NC(=O)[C@H](C)NC(=O)[C@H](CC(C)C)N(C)C1=O. The van der Waals surface area contributed by atoms with Gasteiger partial charge in [0, 0.05) is 61.8 Å². The van der Waals surface area contributed by atoms with Crippen LogP contribution in [0.15, 0.2) is 30.3 Å². The summed E-state index contributed by atoms with van der Waals surface area (Å²) < 4.78 is 0. The largest absolute Gasteiger partial charge is 0.391 e. The Bertz CT molecular complexity index is 2680. The molecule has 2 fully saturated rings. The van der Waals surface area contributed by atoms with Crippen molar-refractivity contribution in [3.8, 4) is 0 Å². The van der Waals surface area contributed by atoms with E-state index in [0.717, 1.165) is 16.2 Å². The number of likely N-dealkylation sites (tertiary alicyclic amines) is 1. The minimum absolute atomic E-state index is 0.0542. The molecule has 0 aromatic heterocycles. The van der Waals surface area contributed by atoms with Crippen LogP contribution in [0.4, 0.5) is 0 Å². The number of amides is 12. The van der Waals surface area contributed by atoms with Crippen molar-refractivity contribution < 1.29 is 62.6 Å². The van der Waals surface area contributed by atoms with Gasteiger partial charge in [-0.2, -0.15) is 0 Å². The lowest BCUT2D eigenvalue weighted by Gasteiger charge is -2.38. The molecule has 3 rings (SSSR count). The van der Waals surface area contributed by atoms with Crippen molar-refractivity contribution in [2.75, 3.05) is 55.4 Å². The van der Waals surface area contributed by atoms with E-state index in [0.29, 0.717) is 37.9 Å². The van der Waals surface area contributed by atoms with Gasteiger partial charge in [0.05, 0.1) is 12.5 Å². The molecule has 1 aromatic rings. The maximum Gasteiger partial charge on any atom is 0.248 e. The molecular formula is C66H110N12O13. The summed E-state index contributed by atoms with van der Waals surface area (Å²) in [6.45, 7) is 24.4. The summed E-state index contributed by atoms with van der Waals surface area (Å²) in [5.41, 5.74) is 0.644. The van der Waals surface area contributed by atoms with Gasteiger partial charge in [-0.15, -0.1) is 0 Å². The summed E-state index contributed by atoms with van der Waals surface area (Å²) in [6.07, 6.45) is 0.734. The van der Waals surface area contributed by atoms with Crippen LogP contribution >= 0.6 is 0 Å². The van der Waals surface area contributed by atoms with E-state index < -0.39 is 162 Å². The first-order valence-electron chi connectivity index (χ1n) is 32.5. The monoisotopic (exact) mass is 1280 g/mol. The first-order chi connectivity index (χ1) is 42.4. The topological polar surface area (TPSA) is 308 Å². The number of nitrogens with zero attached hydrogens (tertiary/aromatic N) is 7. The molecule has 13 atom stereocenters. The molecule has 25 heteroatoms. The van der Waals surface area contributed by atoms with Gasteiger partial charge in [0.2, 0.25) is 70.9 Å². The Labute approximate surface area is 540 Å². The zero-order chi connectivity index (χ0) is 69.2. The number of benzene rings is 1. The third-order valence-corrected chi connectivity index (χ3v) is 17.9. The molecule has 12 amide bonds. The number of nitrogens with one attached hydrogen (secondary N) is 5. The summed E-state index contributed by atoms with van der Waals surface area (Å²) in [5, 5.41) is 25.1. The van der Waals surface area contributed by atoms with Gasteiger partial charge in [-0.1, -0.05) is 106 Å². The molecule has 2 aliphatic heterocycles. The zero-order valence-electron chi connectivity index (χ0n) is 58.0. The Balaban J connectivity index is 2.30. The van der Waals surface area contributed by atoms with Crippen molar-refractivity contribution >= 4 is 70.9 Å². The molecular weight excluding hydrogens is 1170 g/mol. The predicted molar refractivity (Wildman–Crippen MR) is 346 cm³/mol. The van der Waals surface area contributed by atoms with Crippen LogP contribution in [-0.2, 0) is 64.0 Å². The average Bonchev–Trinajstić information content (AvgIpc) is 0.929. The molecule has 0 saturated carbocycles. The second kappa shape index (κ2) is 35.6. The fourth-order valence-corrected chi connectivity index (χ4v) is 11.6. The number of hydrogen-bond donors (Lipinski definition) is 6. The first-order valence-corrected chi connectivity index (χ1v) is 32.5. The van der Waals surface area contributed by atoms with Gasteiger partial charge in [0.25, 0.3) is 0 Å². The van der Waals surface area contributed by atoms with Crippen LogP contribution in [0.3, 0.4) is 0 Å². The van der Waals surface area contributed by atoms with Gasteiger partial charge < -0.3 is 66.0 Å². The minimum atomic E-state index is -1.66. The third kappa shape index (κ3) is 21.4. The number of aliphatic hydroxyl groups is 1. The molecule has 91 heavy (non-hydrogen) atoms. The second-order valence-electron chi connectivity index (χ2n) is 27.0. The summed E-state index contributed by atoms with van der Waals surface area (Å²) in [4.78, 5) is 184. The van der Waals surface area contributed by atoms with Crippen molar-refractivity contribution in [3.63, 3.8) is 0 Å². The maximum atomic E-state index is 15.1. The number of piperidine rings is 1. The zero-order valence-corrected chi connectivity index (χ0v) is 58.0. The van der Waals surface area contributed by atoms with E-state index in [1.807, 2.05) is 48.5 Å². The second-order valence-corrected chi connectivity index (χ2v) is 27.0. The van der Waals surface area contributed by atoms with Gasteiger partial charge in [0.15, 0.2) is 0 Å². The van der Waals surface area contributed by atoms with E-state index in [-0.39, 0.29) is 43.4 Å². The van der Waals surface area contributed by atoms with Crippen LogP contribution < -0.4 is 26.6 Å². The quantitative estimate of drug-likeness (QED) is 0.166. The summed E-state index contributed by atoms with van der Waals surface area (Å²) >= 11 is 0. The van der Waals surface area contributed by atoms with Crippen LogP contribution in [0.1, 0.15) is 154 Å². The molecule has 2 aliphatic rings. The van der Waals surface area contributed by atoms with E-state index in [1.54, 1.807) is 56.0 Å². The predicted octanol–water partition coefficient (Wildman–Crippen LogP) is 2.31. The smallest absolute Gasteiger partial charge is 0.248 e. The van der Waals surface area contributed by atoms with E-state index in [4.69, 9.17) is 0 Å². The lowest BCUT2D eigenvalue weighted by molar-refractivity contribution is -0.151. The summed E-state index contributed by atoms with van der Waals surface area (Å²) in [6, 6.07) is -5.61. The highest BCUT2D eigenvalue weighted by Gasteiger charge is 2.44. The van der Waals surface area contributed by atoms with Gasteiger partial charge in [-0.25, -0.2) is 0 Å². The van der Waals surface area contributed by atoms with Gasteiger partial charge in [-0.05, 0) is 101 Å². The van der Waals surface area contributed by atoms with Crippen molar-refractivity contribution in [2.24, 2.45) is 29.6 Å². The molecule has 25 nitrogen and oxygen atoms in total. The highest BCUT2D eigenvalue weighted by molar-refractivity contribution is 6.00. The molecule has 2 saturated heterocycles. The van der Waals surface area contributed by atoms with Crippen LogP contribution in [0.5, 0.6) is 0 Å². The minimum Gasteiger partial charge on any atom is -0.391 e. The Morgan fingerprint density at radius 3 is 1.43 bits per heavy atom. The van der Waals surface area contributed by atoms with Crippen LogP contribution in [-0.4, -0.2) is 238 Å². The Morgan fingerprint density at radius 1 is 0.505 bits per heavy atom. The van der Waals surface area contributed by atoms with E-state index in [2.05, 4.69) is 26.6 Å². The van der Waals surface area contributed by atoms with Crippen LogP contribution in [0.25, 0.3) is 0 Å². The van der Waals surface area contributed by atoms with E-state index >= 15 is 4.79 Å². The summed E-state index contributed by atoms with van der Waals surface area (Å²) in [5.74, 6) is -10.3. The lowest BCUT2D eigenvalue weighted by atomic mass is 9.94. The summed E-state index contributed by atoms with van der Waals surface area (Å²) in [7, 11) is 8.30. The Kier molecular flexibility index (Phi) is 30.5. The molecule has 0 bridgehead atoms. The van der Waals surface area contributed by atoms with Crippen molar-refractivity contribution in [3.05, 3.63) is 35.9 Å². The standard InChI is InChI=1S/C66H110N12O13/c1-21-41(10)53-65(90)76(19)49(32-37(2)3)57(82)67-42(11)56(81)68-48(64(89)78-30-26-23-27-31-78)36-52(80)72(15)43(12)61(86)74(17)50(33-38(4)5)58(83)69-47(35-46-28-24-22-25-29-46)63(88)75(18)51(34-39(6)7)59(84)71-54(45(14)79)66(91)73(16)44(13)62(87)77(20)55(40(8)9)60(85)70-53/h22,24-25,28-29,37-45,47-51,53-55,79H,21,23,26-27,30-36H2,1-20H3,(H,67,82)(H,68,81)(H,69,83)(H,70,85)(H,71,84)/t41-,42-,43+,44-,45+,47-,48-,49-,50-,51-,53-,54-,55-/m0/s1. The number of carbonyl (C=O) groups excluding carboxylic acids is 12. The molecule has 0 unspecified atom stereocenters. The highest BCUT2D eigenvalue weighted by atomic mass is 16.3. The molecule has 2 heterocycles. The van der Waals surface area contributed by atoms with Crippen molar-refractivity contribution in [1.29, 1.82) is 0 Å². The van der Waals surface area contributed by atoms with Crippen LogP contribution in [0, 0.1) is 29.6 Å². The Morgan fingerprint density at radius 2 is 0.945 bits per heavy atom. The van der Waals surface area contributed by atoms with E-state index in [9.17, 15) is 57.8 Å². The molecule has 6 N–H and O–H groups in total. The lowest BCUT2D eigenvalue weighted by Crippen LogP contribution is -2.63. The van der Waals surface area contributed by atoms with Gasteiger partial charge in [-0.3, -0.25) is 57.5 Å². The third-order valence-electron chi connectivity index (χ3n) is 17.9. The molecule has 512 valence electrons. The molecule has 1 aromatic carbocycles. The van der Waals surface area contributed by atoms with Crippen LogP contribution in [0.2, 0.25) is 0 Å². The molecule has 0 radical (unpaired) electrons. The molecule has 0 aliphatic carbocycles. The van der Waals surface area contributed by atoms with E-state index in [1.165, 1.54) is 89.6 Å². The van der Waals surface area contributed by atoms with Gasteiger partial charge >= 0.3 is 0 Å². The highest BCUT2D eigenvalue weighted by Crippen LogP contribution is 2.23. The number of carbonyl (C=O) groups is 12. The maximum absolute atomic E-state index is 15.1. The first kappa shape index (κ1) is 78.1.